The third-order valence-corrected chi connectivity index (χ3v) is 3.85. The Morgan fingerprint density at radius 1 is 1.40 bits per heavy atom. The van der Waals surface area contributed by atoms with Crippen molar-refractivity contribution in [1.29, 1.82) is 0 Å². The smallest absolute Gasteiger partial charge is 0.292 e. The number of anilines is 1. The number of benzene rings is 1. The van der Waals surface area contributed by atoms with Gasteiger partial charge in [-0.3, -0.25) is 10.1 Å². The first-order chi connectivity index (χ1) is 9.40. The Labute approximate surface area is 128 Å². The second-order valence-electron chi connectivity index (χ2n) is 5.11. The molecule has 0 fully saturated rings. The maximum absolute atomic E-state index is 11.3. The molecule has 1 aromatic rings. The molecule has 0 aliphatic carbocycles. The van der Waals surface area contributed by atoms with Crippen molar-refractivity contribution in [2.24, 2.45) is 0 Å². The highest BCUT2D eigenvalue weighted by molar-refractivity contribution is 9.08. The molecular formula is C14H22BrN3O2. The van der Waals surface area contributed by atoms with Crippen LogP contribution in [-0.4, -0.2) is 43.0 Å². The van der Waals surface area contributed by atoms with Crippen LogP contribution in [-0.2, 0) is 5.33 Å². The van der Waals surface area contributed by atoms with Gasteiger partial charge < -0.3 is 9.80 Å². The molecule has 0 heterocycles. The van der Waals surface area contributed by atoms with Crippen LogP contribution in [0.25, 0.3) is 0 Å². The quantitative estimate of drug-likeness (QED) is 0.433. The van der Waals surface area contributed by atoms with Gasteiger partial charge in [-0.2, -0.15) is 0 Å². The summed E-state index contributed by atoms with van der Waals surface area (Å²) in [5.41, 5.74) is 1.78. The minimum atomic E-state index is -0.299. The molecule has 0 aromatic heterocycles. The zero-order chi connectivity index (χ0) is 15.3. The second kappa shape index (κ2) is 7.59. The zero-order valence-corrected chi connectivity index (χ0v) is 14.1. The van der Waals surface area contributed by atoms with Crippen LogP contribution < -0.4 is 4.90 Å². The number of nitro groups is 1. The third kappa shape index (κ3) is 4.18. The van der Waals surface area contributed by atoms with Gasteiger partial charge in [0.1, 0.15) is 5.69 Å². The average Bonchev–Trinajstić information content (AvgIpc) is 2.38. The number of hydrogen-bond acceptors (Lipinski definition) is 4. The summed E-state index contributed by atoms with van der Waals surface area (Å²) in [4.78, 5) is 15.2. The van der Waals surface area contributed by atoms with Crippen molar-refractivity contribution < 1.29 is 4.92 Å². The van der Waals surface area contributed by atoms with E-state index in [1.807, 2.05) is 33.2 Å². The van der Waals surface area contributed by atoms with Gasteiger partial charge in [-0.1, -0.05) is 22.0 Å². The largest absolute Gasteiger partial charge is 0.362 e. The lowest BCUT2D eigenvalue weighted by Crippen LogP contribution is -2.40. The van der Waals surface area contributed by atoms with Gasteiger partial charge in [0.2, 0.25) is 0 Å². The number of likely N-dealkylation sites (N-methyl/N-ethyl adjacent to an activating group) is 2. The van der Waals surface area contributed by atoms with Crippen LogP contribution >= 0.6 is 15.9 Å². The molecule has 0 aliphatic rings. The molecule has 1 aromatic carbocycles. The molecule has 1 atom stereocenters. The zero-order valence-electron chi connectivity index (χ0n) is 12.5. The number of alkyl halides is 1. The van der Waals surface area contributed by atoms with Crippen molar-refractivity contribution in [3.05, 3.63) is 33.9 Å². The summed E-state index contributed by atoms with van der Waals surface area (Å²) in [5, 5.41) is 11.9. The molecular weight excluding hydrogens is 322 g/mol. The Bertz CT molecular complexity index is 466. The summed E-state index contributed by atoms with van der Waals surface area (Å²) in [6.45, 7) is 5.70. The van der Waals surface area contributed by atoms with Crippen molar-refractivity contribution in [3.63, 3.8) is 0 Å². The molecule has 6 heteroatoms. The Hall–Kier alpha value is -1.14. The molecule has 0 radical (unpaired) electrons. The van der Waals surface area contributed by atoms with Gasteiger partial charge in [-0.25, -0.2) is 0 Å². The fraction of sp³-hybridized carbons (Fsp3) is 0.571. The molecule has 0 saturated carbocycles. The standard InChI is InChI=1S/C14H22BrN3O2/c1-5-17(11(2)10-16(3)4)13-7-6-12(9-15)8-14(13)18(19)20/h6-8,11H,5,9-10H2,1-4H3. The molecule has 1 unspecified atom stereocenters. The molecule has 20 heavy (non-hydrogen) atoms. The Balaban J connectivity index is 3.17. The molecule has 0 bridgehead atoms. The lowest BCUT2D eigenvalue weighted by molar-refractivity contribution is -0.384. The van der Waals surface area contributed by atoms with Gasteiger partial charge in [0, 0.05) is 30.5 Å². The Morgan fingerprint density at radius 2 is 2.05 bits per heavy atom. The summed E-state index contributed by atoms with van der Waals surface area (Å²) in [6, 6.07) is 5.64. The molecule has 0 aliphatic heterocycles. The van der Waals surface area contributed by atoms with E-state index in [4.69, 9.17) is 0 Å². The summed E-state index contributed by atoms with van der Waals surface area (Å²) in [6.07, 6.45) is 0. The summed E-state index contributed by atoms with van der Waals surface area (Å²) >= 11 is 3.34. The fourth-order valence-corrected chi connectivity index (χ4v) is 2.74. The van der Waals surface area contributed by atoms with Gasteiger partial charge in [0.15, 0.2) is 0 Å². The molecule has 0 N–H and O–H groups in total. The summed E-state index contributed by atoms with van der Waals surface area (Å²) in [5.74, 6) is 0. The first-order valence-electron chi connectivity index (χ1n) is 6.65. The minimum Gasteiger partial charge on any atom is -0.362 e. The molecule has 1 rings (SSSR count). The first kappa shape index (κ1) is 16.9. The van der Waals surface area contributed by atoms with Gasteiger partial charge in [0.05, 0.1) is 4.92 Å². The molecule has 5 nitrogen and oxygen atoms in total. The normalized spacial score (nSPS) is 12.5. The van der Waals surface area contributed by atoms with Gasteiger partial charge in [-0.15, -0.1) is 0 Å². The van der Waals surface area contributed by atoms with E-state index in [0.717, 1.165) is 18.7 Å². The van der Waals surface area contributed by atoms with E-state index in [1.54, 1.807) is 6.07 Å². The van der Waals surface area contributed by atoms with Crippen molar-refractivity contribution in [2.45, 2.75) is 25.2 Å². The van der Waals surface area contributed by atoms with Crippen LogP contribution in [0.1, 0.15) is 19.4 Å². The van der Waals surface area contributed by atoms with Crippen molar-refractivity contribution in [2.75, 3.05) is 32.1 Å². The van der Waals surface area contributed by atoms with Crippen molar-refractivity contribution >= 4 is 27.3 Å². The Kier molecular flexibility index (Phi) is 6.42. The number of rotatable bonds is 7. The maximum atomic E-state index is 11.3. The highest BCUT2D eigenvalue weighted by atomic mass is 79.9. The average molecular weight is 344 g/mol. The van der Waals surface area contributed by atoms with Crippen LogP contribution in [0.3, 0.4) is 0 Å². The van der Waals surface area contributed by atoms with Gasteiger partial charge in [0.25, 0.3) is 5.69 Å². The van der Waals surface area contributed by atoms with Crippen LogP contribution in [0, 0.1) is 10.1 Å². The van der Waals surface area contributed by atoms with E-state index in [2.05, 4.69) is 32.7 Å². The summed E-state index contributed by atoms with van der Waals surface area (Å²) < 4.78 is 0. The van der Waals surface area contributed by atoms with Crippen LogP contribution in [0.4, 0.5) is 11.4 Å². The van der Waals surface area contributed by atoms with E-state index < -0.39 is 0 Å². The Morgan fingerprint density at radius 3 is 2.50 bits per heavy atom. The van der Waals surface area contributed by atoms with Crippen molar-refractivity contribution in [1.82, 2.24) is 4.90 Å². The number of hydrogen-bond donors (Lipinski definition) is 0. The number of nitrogens with zero attached hydrogens (tertiary/aromatic N) is 3. The molecule has 112 valence electrons. The third-order valence-electron chi connectivity index (χ3n) is 3.20. The lowest BCUT2D eigenvalue weighted by atomic mass is 10.1. The topological polar surface area (TPSA) is 49.6 Å². The first-order valence-corrected chi connectivity index (χ1v) is 7.77. The highest BCUT2D eigenvalue weighted by Crippen LogP contribution is 2.31. The minimum absolute atomic E-state index is 0.175. The predicted octanol–water partition coefficient (Wildman–Crippen LogP) is 3.27. The molecule has 0 saturated heterocycles. The predicted molar refractivity (Wildman–Crippen MR) is 86.8 cm³/mol. The fourth-order valence-electron chi connectivity index (χ4n) is 2.39. The van der Waals surface area contributed by atoms with E-state index in [0.29, 0.717) is 11.0 Å². The van der Waals surface area contributed by atoms with Gasteiger partial charge in [-0.05, 0) is 39.6 Å². The van der Waals surface area contributed by atoms with Crippen LogP contribution in [0.15, 0.2) is 18.2 Å². The van der Waals surface area contributed by atoms with Gasteiger partial charge >= 0.3 is 0 Å². The van der Waals surface area contributed by atoms with E-state index in [1.165, 1.54) is 0 Å². The SMILES string of the molecule is CCN(c1ccc(CBr)cc1[N+](=O)[O-])C(C)CN(C)C. The van der Waals surface area contributed by atoms with Crippen LogP contribution in [0.2, 0.25) is 0 Å². The van der Waals surface area contributed by atoms with E-state index in [-0.39, 0.29) is 16.7 Å². The number of halogens is 1. The van der Waals surface area contributed by atoms with Crippen molar-refractivity contribution in [3.8, 4) is 0 Å². The second-order valence-corrected chi connectivity index (χ2v) is 5.67. The van der Waals surface area contributed by atoms with E-state index >= 15 is 0 Å². The highest BCUT2D eigenvalue weighted by Gasteiger charge is 2.22. The lowest BCUT2D eigenvalue weighted by Gasteiger charge is -2.31. The van der Waals surface area contributed by atoms with Crippen LogP contribution in [0.5, 0.6) is 0 Å². The number of nitro benzene ring substituents is 1. The maximum Gasteiger partial charge on any atom is 0.292 e. The summed E-state index contributed by atoms with van der Waals surface area (Å²) in [7, 11) is 4.01. The molecule has 0 spiro atoms. The van der Waals surface area contributed by atoms with E-state index in [9.17, 15) is 10.1 Å². The monoisotopic (exact) mass is 343 g/mol. The molecule has 0 amide bonds.